The predicted molar refractivity (Wildman–Crippen MR) is 106 cm³/mol. The zero-order valence-corrected chi connectivity index (χ0v) is 16.6. The zero-order valence-electron chi connectivity index (χ0n) is 15.8. The van der Waals surface area contributed by atoms with Crippen LogP contribution in [0.1, 0.15) is 53.7 Å². The molecule has 6 heteroatoms. The van der Waals surface area contributed by atoms with Crippen molar-refractivity contribution in [3.63, 3.8) is 0 Å². The van der Waals surface area contributed by atoms with E-state index in [-0.39, 0.29) is 16.8 Å². The van der Waals surface area contributed by atoms with Gasteiger partial charge in [-0.3, -0.25) is 4.79 Å². The highest BCUT2D eigenvalue weighted by Crippen LogP contribution is 2.24. The number of aryl methyl sites for hydroxylation is 1. The van der Waals surface area contributed by atoms with Crippen LogP contribution in [0.3, 0.4) is 0 Å². The molecule has 0 aromatic heterocycles. The first-order valence-corrected chi connectivity index (χ1v) is 10.8. The highest BCUT2D eigenvalue weighted by molar-refractivity contribution is 7.89. The molecular weight excluding hydrogens is 360 g/mol. The van der Waals surface area contributed by atoms with Gasteiger partial charge in [0, 0.05) is 18.7 Å². The van der Waals surface area contributed by atoms with Crippen LogP contribution in [0.5, 0.6) is 0 Å². The lowest BCUT2D eigenvalue weighted by molar-refractivity contribution is 0.0939. The molecule has 144 valence electrons. The number of benzene rings is 2. The number of rotatable bonds is 5. The maximum Gasteiger partial charge on any atom is 0.251 e. The smallest absolute Gasteiger partial charge is 0.251 e. The molecule has 1 heterocycles. The molecule has 2 aromatic rings. The largest absolute Gasteiger partial charge is 0.346 e. The van der Waals surface area contributed by atoms with E-state index in [1.807, 2.05) is 37.3 Å². The third kappa shape index (κ3) is 4.39. The van der Waals surface area contributed by atoms with Gasteiger partial charge in [-0.05, 0) is 49.9 Å². The Morgan fingerprint density at radius 1 is 1.04 bits per heavy atom. The summed E-state index contributed by atoms with van der Waals surface area (Å²) in [6, 6.07) is 14.4. The molecule has 2 aromatic carbocycles. The minimum Gasteiger partial charge on any atom is -0.346 e. The van der Waals surface area contributed by atoms with Gasteiger partial charge in [-0.15, -0.1) is 0 Å². The number of nitrogens with one attached hydrogen (secondary N) is 1. The van der Waals surface area contributed by atoms with Gasteiger partial charge in [0.2, 0.25) is 10.0 Å². The number of piperidine rings is 1. The van der Waals surface area contributed by atoms with Gasteiger partial charge in [-0.25, -0.2) is 8.42 Å². The molecule has 5 nitrogen and oxygen atoms in total. The summed E-state index contributed by atoms with van der Waals surface area (Å²) in [7, 11) is -3.58. The molecule has 1 amide bonds. The Morgan fingerprint density at radius 3 is 2.37 bits per heavy atom. The summed E-state index contributed by atoms with van der Waals surface area (Å²) in [6.07, 6.45) is 2.82. The van der Waals surface area contributed by atoms with Gasteiger partial charge in [0.25, 0.3) is 5.91 Å². The fraction of sp³-hybridized carbons (Fsp3) is 0.381. The molecule has 0 spiro atoms. The van der Waals surface area contributed by atoms with E-state index < -0.39 is 10.0 Å². The van der Waals surface area contributed by atoms with E-state index in [0.717, 1.165) is 24.8 Å². The Balaban J connectivity index is 1.83. The molecular formula is C21H26N2O3S. The highest BCUT2D eigenvalue weighted by Gasteiger charge is 2.28. The van der Waals surface area contributed by atoms with E-state index in [4.69, 9.17) is 0 Å². The second-order valence-corrected chi connectivity index (χ2v) is 8.96. The molecule has 0 aliphatic carbocycles. The average Bonchev–Trinajstić information content (AvgIpc) is 2.69. The van der Waals surface area contributed by atoms with E-state index in [1.165, 1.54) is 10.4 Å². The minimum absolute atomic E-state index is 0.165. The van der Waals surface area contributed by atoms with Crippen molar-refractivity contribution in [2.45, 2.75) is 44.0 Å². The Bertz CT molecular complexity index is 904. The van der Waals surface area contributed by atoms with Gasteiger partial charge in [-0.1, -0.05) is 42.8 Å². The second-order valence-electron chi connectivity index (χ2n) is 7.05. The number of amides is 1. The Kier molecular flexibility index (Phi) is 5.97. The SMILES string of the molecule is Cc1ccc(C(=O)N[C@@H](C)c2ccccc2)cc1S(=O)(=O)N1CCCCC1. The summed E-state index contributed by atoms with van der Waals surface area (Å²) < 4.78 is 27.6. The van der Waals surface area contributed by atoms with E-state index in [9.17, 15) is 13.2 Å². The summed E-state index contributed by atoms with van der Waals surface area (Å²) in [6.45, 7) is 4.77. The number of carbonyl (C=O) groups excluding carboxylic acids is 1. The van der Waals surface area contributed by atoms with Crippen molar-refractivity contribution in [2.24, 2.45) is 0 Å². The first-order chi connectivity index (χ1) is 12.9. The van der Waals surface area contributed by atoms with Crippen LogP contribution in [-0.4, -0.2) is 31.7 Å². The molecule has 27 heavy (non-hydrogen) atoms. The summed E-state index contributed by atoms with van der Waals surface area (Å²) in [5, 5.41) is 2.94. The predicted octanol–water partition coefficient (Wildman–Crippen LogP) is 3.66. The molecule has 1 aliphatic heterocycles. The molecule has 0 unspecified atom stereocenters. The van der Waals surface area contributed by atoms with Crippen LogP contribution in [0.2, 0.25) is 0 Å². The van der Waals surface area contributed by atoms with Gasteiger partial charge in [-0.2, -0.15) is 4.31 Å². The number of carbonyl (C=O) groups is 1. The van der Waals surface area contributed by atoms with Crippen LogP contribution in [0, 0.1) is 6.92 Å². The molecule has 0 radical (unpaired) electrons. The van der Waals surface area contributed by atoms with Gasteiger partial charge < -0.3 is 5.32 Å². The fourth-order valence-electron chi connectivity index (χ4n) is 3.37. The highest BCUT2D eigenvalue weighted by atomic mass is 32.2. The maximum atomic E-state index is 13.0. The van der Waals surface area contributed by atoms with Crippen LogP contribution in [0.4, 0.5) is 0 Å². The van der Waals surface area contributed by atoms with E-state index in [0.29, 0.717) is 24.2 Å². The molecule has 1 fully saturated rings. The Labute approximate surface area is 161 Å². The molecule has 1 saturated heterocycles. The summed E-state index contributed by atoms with van der Waals surface area (Å²) in [5.74, 6) is -0.276. The van der Waals surface area contributed by atoms with Gasteiger partial charge in [0.15, 0.2) is 0 Å². The average molecular weight is 387 g/mol. The molecule has 1 atom stereocenters. The standard InChI is InChI=1S/C21H26N2O3S/c1-16-11-12-19(21(24)22-17(2)18-9-5-3-6-10-18)15-20(16)27(25,26)23-13-7-4-8-14-23/h3,5-6,9-12,15,17H,4,7-8,13-14H2,1-2H3,(H,22,24)/t17-/m0/s1. The number of hydrogen-bond donors (Lipinski definition) is 1. The van der Waals surface area contributed by atoms with Crippen molar-refractivity contribution in [2.75, 3.05) is 13.1 Å². The van der Waals surface area contributed by atoms with Crippen LogP contribution >= 0.6 is 0 Å². The third-order valence-electron chi connectivity index (χ3n) is 5.03. The van der Waals surface area contributed by atoms with Gasteiger partial charge in [0.1, 0.15) is 0 Å². The summed E-state index contributed by atoms with van der Waals surface area (Å²) in [4.78, 5) is 12.9. The molecule has 1 aliphatic rings. The van der Waals surface area contributed by atoms with Crippen molar-refractivity contribution < 1.29 is 13.2 Å². The molecule has 1 N–H and O–H groups in total. The second kappa shape index (κ2) is 8.23. The number of hydrogen-bond acceptors (Lipinski definition) is 3. The molecule has 3 rings (SSSR count). The maximum absolute atomic E-state index is 13.0. The van der Waals surface area contributed by atoms with E-state index in [1.54, 1.807) is 19.1 Å². The van der Waals surface area contributed by atoms with Crippen molar-refractivity contribution in [1.82, 2.24) is 9.62 Å². The lowest BCUT2D eigenvalue weighted by atomic mass is 10.1. The number of sulfonamides is 1. The lowest BCUT2D eigenvalue weighted by Gasteiger charge is -2.26. The fourth-order valence-corrected chi connectivity index (χ4v) is 5.14. The molecule has 0 bridgehead atoms. The number of nitrogens with zero attached hydrogens (tertiary/aromatic N) is 1. The van der Waals surface area contributed by atoms with Crippen molar-refractivity contribution in [3.8, 4) is 0 Å². The minimum atomic E-state index is -3.58. The van der Waals surface area contributed by atoms with Crippen molar-refractivity contribution >= 4 is 15.9 Å². The Hall–Kier alpha value is -2.18. The molecule has 0 saturated carbocycles. The van der Waals surface area contributed by atoms with Crippen LogP contribution in [0.25, 0.3) is 0 Å². The summed E-state index contributed by atoms with van der Waals surface area (Å²) >= 11 is 0. The quantitative estimate of drug-likeness (QED) is 0.853. The van der Waals surface area contributed by atoms with Gasteiger partial charge in [0.05, 0.1) is 10.9 Å². The van der Waals surface area contributed by atoms with Crippen molar-refractivity contribution in [1.29, 1.82) is 0 Å². The monoisotopic (exact) mass is 386 g/mol. The first kappa shape index (κ1) is 19.6. The zero-order chi connectivity index (χ0) is 19.4. The Morgan fingerprint density at radius 2 is 1.70 bits per heavy atom. The van der Waals surface area contributed by atoms with Crippen LogP contribution in [-0.2, 0) is 10.0 Å². The lowest BCUT2D eigenvalue weighted by Crippen LogP contribution is -2.36. The van der Waals surface area contributed by atoms with E-state index >= 15 is 0 Å². The normalized spacial score (nSPS) is 16.7. The van der Waals surface area contributed by atoms with Gasteiger partial charge >= 0.3 is 0 Å². The summed E-state index contributed by atoms with van der Waals surface area (Å²) in [5.41, 5.74) is 2.02. The van der Waals surface area contributed by atoms with Crippen LogP contribution < -0.4 is 5.32 Å². The van der Waals surface area contributed by atoms with Crippen LogP contribution in [0.15, 0.2) is 53.4 Å². The van der Waals surface area contributed by atoms with E-state index in [2.05, 4.69) is 5.32 Å². The van der Waals surface area contributed by atoms with Crippen molar-refractivity contribution in [3.05, 3.63) is 65.2 Å². The third-order valence-corrected chi connectivity index (χ3v) is 7.07. The first-order valence-electron chi connectivity index (χ1n) is 9.36. The topological polar surface area (TPSA) is 66.5 Å².